The van der Waals surface area contributed by atoms with Crippen LogP contribution in [0, 0.1) is 5.92 Å². The van der Waals surface area contributed by atoms with E-state index in [1.54, 1.807) is 26.2 Å². The summed E-state index contributed by atoms with van der Waals surface area (Å²) >= 11 is 0. The van der Waals surface area contributed by atoms with E-state index in [2.05, 4.69) is 38.5 Å². The molecule has 4 N–H and O–H groups in total. The van der Waals surface area contributed by atoms with Crippen LogP contribution < -0.4 is 21.3 Å². The third-order valence-corrected chi connectivity index (χ3v) is 9.57. The molecule has 0 radical (unpaired) electrons. The number of benzene rings is 2. The molecular weight excluding hydrogens is 606 g/mol. The molecule has 1 unspecified atom stereocenters. The lowest BCUT2D eigenvalue weighted by molar-refractivity contribution is -0.135. The van der Waals surface area contributed by atoms with E-state index in [0.717, 1.165) is 56.2 Å². The number of carbonyl (C=O) groups excluding carboxylic acids is 4. The first-order valence-corrected chi connectivity index (χ1v) is 17.3. The zero-order chi connectivity index (χ0) is 33.9. The zero-order valence-electron chi connectivity index (χ0n) is 28.1. The van der Waals surface area contributed by atoms with Gasteiger partial charge in [0, 0.05) is 58.3 Å². The van der Waals surface area contributed by atoms with Crippen LogP contribution in [0.4, 0.5) is 0 Å². The highest BCUT2D eigenvalue weighted by atomic mass is 16.2. The highest BCUT2D eigenvalue weighted by Crippen LogP contribution is 2.27. The summed E-state index contributed by atoms with van der Waals surface area (Å²) in [6, 6.07) is 18.5. The summed E-state index contributed by atoms with van der Waals surface area (Å²) in [5.41, 5.74) is 3.44. The van der Waals surface area contributed by atoms with E-state index in [0.29, 0.717) is 38.2 Å². The van der Waals surface area contributed by atoms with Crippen LogP contribution in [0.25, 0.3) is 0 Å². The van der Waals surface area contributed by atoms with Crippen molar-refractivity contribution in [3.63, 3.8) is 0 Å². The van der Waals surface area contributed by atoms with Gasteiger partial charge in [0.25, 0.3) is 5.91 Å². The molecular formula is C37H49N7O4. The molecule has 11 heteroatoms. The van der Waals surface area contributed by atoms with Crippen molar-refractivity contribution in [2.45, 2.75) is 89.5 Å². The topological polar surface area (TPSA) is 137 Å². The monoisotopic (exact) mass is 655 g/mol. The van der Waals surface area contributed by atoms with Gasteiger partial charge in [-0.1, -0.05) is 80.8 Å². The Balaban J connectivity index is 1.16. The number of aryl methyl sites for hydroxylation is 1. The molecule has 1 saturated heterocycles. The number of aromatic nitrogens is 2. The van der Waals surface area contributed by atoms with Crippen molar-refractivity contribution in [2.75, 3.05) is 13.1 Å². The van der Waals surface area contributed by atoms with Crippen LogP contribution >= 0.6 is 0 Å². The van der Waals surface area contributed by atoms with Gasteiger partial charge in [-0.05, 0) is 47.9 Å². The van der Waals surface area contributed by atoms with Crippen molar-refractivity contribution in [1.29, 1.82) is 0 Å². The van der Waals surface area contributed by atoms with Crippen LogP contribution in [0.15, 0.2) is 66.9 Å². The lowest BCUT2D eigenvalue weighted by atomic mass is 9.83. The van der Waals surface area contributed by atoms with Crippen LogP contribution in [0.5, 0.6) is 0 Å². The van der Waals surface area contributed by atoms with Crippen LogP contribution in [0.3, 0.4) is 0 Å². The third kappa shape index (κ3) is 9.53. The van der Waals surface area contributed by atoms with Gasteiger partial charge in [0.2, 0.25) is 17.7 Å². The molecule has 2 aromatic carbocycles. The van der Waals surface area contributed by atoms with Crippen LogP contribution in [-0.4, -0.2) is 69.5 Å². The van der Waals surface area contributed by atoms with Gasteiger partial charge in [0.15, 0.2) is 0 Å². The zero-order valence-corrected chi connectivity index (χ0v) is 28.1. The normalized spacial score (nSPS) is 17.8. The second-order valence-electron chi connectivity index (χ2n) is 13.0. The van der Waals surface area contributed by atoms with E-state index in [1.165, 1.54) is 10.2 Å². The molecule has 256 valence electrons. The maximum Gasteiger partial charge on any atom is 0.270 e. The van der Waals surface area contributed by atoms with Gasteiger partial charge >= 0.3 is 0 Å². The number of nitrogens with one attached hydrogen (secondary N) is 4. The summed E-state index contributed by atoms with van der Waals surface area (Å²) < 4.78 is 1.50. The molecule has 3 atom stereocenters. The molecule has 48 heavy (non-hydrogen) atoms. The Bertz CT molecular complexity index is 1520. The minimum Gasteiger partial charge on any atom is -0.350 e. The average Bonchev–Trinajstić information content (AvgIpc) is 3.78. The Labute approximate surface area is 283 Å². The molecule has 5 rings (SSSR count). The minimum atomic E-state index is -0.657. The summed E-state index contributed by atoms with van der Waals surface area (Å²) in [5.74, 6) is -0.654. The number of hydrogen-bond donors (Lipinski definition) is 4. The molecule has 0 bridgehead atoms. The predicted molar refractivity (Wildman–Crippen MR) is 184 cm³/mol. The summed E-state index contributed by atoms with van der Waals surface area (Å²) in [6.07, 6.45) is 8.13. The van der Waals surface area contributed by atoms with Crippen molar-refractivity contribution in [2.24, 2.45) is 13.0 Å². The quantitative estimate of drug-likeness (QED) is 0.211. The van der Waals surface area contributed by atoms with Gasteiger partial charge in [-0.15, -0.1) is 0 Å². The van der Waals surface area contributed by atoms with E-state index < -0.39 is 12.1 Å². The molecule has 11 nitrogen and oxygen atoms in total. The van der Waals surface area contributed by atoms with Gasteiger partial charge in [-0.2, -0.15) is 5.10 Å². The predicted octanol–water partition coefficient (Wildman–Crippen LogP) is 3.24. The van der Waals surface area contributed by atoms with Gasteiger partial charge in [-0.3, -0.25) is 23.9 Å². The van der Waals surface area contributed by atoms with E-state index in [1.807, 2.05) is 47.4 Å². The number of nitrogens with zero attached hydrogens (tertiary/aromatic N) is 3. The molecule has 1 saturated carbocycles. The molecule has 1 aliphatic heterocycles. The largest absolute Gasteiger partial charge is 0.350 e. The number of likely N-dealkylation sites (tertiary alicyclic amines) is 1. The first-order chi connectivity index (χ1) is 23.3. The molecule has 4 amide bonds. The van der Waals surface area contributed by atoms with Gasteiger partial charge in [0.05, 0.1) is 0 Å². The second kappa shape index (κ2) is 17.1. The summed E-state index contributed by atoms with van der Waals surface area (Å²) in [6.45, 7) is 4.09. The van der Waals surface area contributed by atoms with Crippen molar-refractivity contribution >= 4 is 23.6 Å². The van der Waals surface area contributed by atoms with E-state index in [9.17, 15) is 19.2 Å². The first-order valence-electron chi connectivity index (χ1n) is 17.3. The van der Waals surface area contributed by atoms with Gasteiger partial charge < -0.3 is 26.2 Å². The standard InChI is InChI=1S/C37H49N7O4/c1-3-33(45)41-31(37(48)44-21-19-30(25-44)38-23-27-10-6-4-7-11-27)22-26-14-16-28(17-15-26)24-39-36(47)34(29-12-8-5-9-13-29)42-35(46)32-18-20-40-43(32)2/h4,6-7,10-11,14-18,20,29-31,34,38H,3,5,8-9,12-13,19,21-25H2,1-2H3,(H,39,47)(H,41,45)(H,42,46)/t30-,31-,34?/m1/s1. The van der Waals surface area contributed by atoms with Crippen LogP contribution in [-0.2, 0) is 40.9 Å². The highest BCUT2D eigenvalue weighted by Gasteiger charge is 2.33. The molecule has 1 aliphatic carbocycles. The van der Waals surface area contributed by atoms with Crippen molar-refractivity contribution in [3.05, 3.63) is 89.2 Å². The SMILES string of the molecule is CCC(=O)N[C@H](Cc1ccc(CNC(=O)C(NC(=O)c2ccnn2C)C2CCCCC2)cc1)C(=O)N1CC[C@@H](NCc2ccccc2)C1. The Hall–Kier alpha value is -4.51. The number of carbonyl (C=O) groups is 4. The molecule has 2 aliphatic rings. The van der Waals surface area contributed by atoms with Gasteiger partial charge in [-0.25, -0.2) is 0 Å². The average molecular weight is 656 g/mol. The van der Waals surface area contributed by atoms with E-state index in [4.69, 9.17) is 0 Å². The Morgan fingerprint density at radius 2 is 1.56 bits per heavy atom. The molecule has 1 aromatic heterocycles. The van der Waals surface area contributed by atoms with Crippen molar-refractivity contribution in [1.82, 2.24) is 35.9 Å². The molecule has 2 heterocycles. The van der Waals surface area contributed by atoms with Gasteiger partial charge in [0.1, 0.15) is 17.8 Å². The van der Waals surface area contributed by atoms with Crippen LogP contribution in [0.1, 0.15) is 79.0 Å². The first kappa shape index (κ1) is 34.8. The fraction of sp³-hybridized carbons (Fsp3) is 0.486. The lowest BCUT2D eigenvalue weighted by Crippen LogP contribution is -2.51. The highest BCUT2D eigenvalue weighted by molar-refractivity contribution is 5.96. The number of amides is 4. The van der Waals surface area contributed by atoms with Crippen LogP contribution in [0.2, 0.25) is 0 Å². The summed E-state index contributed by atoms with van der Waals surface area (Å²) in [5, 5.41) is 16.6. The lowest BCUT2D eigenvalue weighted by Gasteiger charge is -2.30. The van der Waals surface area contributed by atoms with E-state index in [-0.39, 0.29) is 35.6 Å². The minimum absolute atomic E-state index is 0.0703. The molecule has 3 aromatic rings. The Morgan fingerprint density at radius 3 is 2.25 bits per heavy atom. The number of rotatable bonds is 14. The Morgan fingerprint density at radius 1 is 0.854 bits per heavy atom. The maximum absolute atomic E-state index is 13.6. The fourth-order valence-corrected chi connectivity index (χ4v) is 6.71. The summed E-state index contributed by atoms with van der Waals surface area (Å²) in [4.78, 5) is 54.3. The number of hydrogen-bond acceptors (Lipinski definition) is 6. The third-order valence-electron chi connectivity index (χ3n) is 9.57. The molecule has 0 spiro atoms. The summed E-state index contributed by atoms with van der Waals surface area (Å²) in [7, 11) is 1.71. The molecule has 2 fully saturated rings. The second-order valence-corrected chi connectivity index (χ2v) is 13.0. The fourth-order valence-electron chi connectivity index (χ4n) is 6.71. The Kier molecular flexibility index (Phi) is 12.4. The maximum atomic E-state index is 13.6. The van der Waals surface area contributed by atoms with E-state index >= 15 is 0 Å². The smallest absolute Gasteiger partial charge is 0.270 e. The van der Waals surface area contributed by atoms with Crippen molar-refractivity contribution < 1.29 is 19.2 Å². The van der Waals surface area contributed by atoms with Crippen molar-refractivity contribution in [3.8, 4) is 0 Å².